The van der Waals surface area contributed by atoms with Crippen molar-refractivity contribution in [2.45, 2.75) is 26.3 Å². The van der Waals surface area contributed by atoms with Gasteiger partial charge in [0.1, 0.15) is 0 Å². The Morgan fingerprint density at radius 3 is 2.68 bits per heavy atom. The Labute approximate surface area is 147 Å². The summed E-state index contributed by atoms with van der Waals surface area (Å²) >= 11 is 0. The van der Waals surface area contributed by atoms with E-state index in [1.165, 1.54) is 5.56 Å². The summed E-state index contributed by atoms with van der Waals surface area (Å²) in [5, 5.41) is 12.6. The van der Waals surface area contributed by atoms with Gasteiger partial charge in [-0.3, -0.25) is 4.79 Å². The van der Waals surface area contributed by atoms with Gasteiger partial charge in [-0.2, -0.15) is 5.10 Å². The summed E-state index contributed by atoms with van der Waals surface area (Å²) in [6, 6.07) is 15.8. The third-order valence-electron chi connectivity index (χ3n) is 4.14. The number of hydrogen-bond acceptors (Lipinski definition) is 4. The van der Waals surface area contributed by atoms with Crippen LogP contribution in [0.2, 0.25) is 0 Å². The Morgan fingerprint density at radius 1 is 1.16 bits per heavy atom. The van der Waals surface area contributed by atoms with Crippen LogP contribution in [0.5, 0.6) is 5.88 Å². The van der Waals surface area contributed by atoms with Crippen LogP contribution < -0.4 is 10.1 Å². The van der Waals surface area contributed by atoms with E-state index in [1.54, 1.807) is 6.20 Å². The van der Waals surface area contributed by atoms with Crippen molar-refractivity contribution in [2.24, 2.45) is 0 Å². The number of nitrogens with zero attached hydrogens (tertiary/aromatic N) is 2. The highest BCUT2D eigenvalue weighted by molar-refractivity contribution is 5.86. The number of aryl methyl sites for hydroxylation is 1. The minimum absolute atomic E-state index is 0.0828. The van der Waals surface area contributed by atoms with Crippen molar-refractivity contribution in [3.05, 3.63) is 65.9 Å². The summed E-state index contributed by atoms with van der Waals surface area (Å²) in [7, 11) is 0. The van der Waals surface area contributed by atoms with Crippen LogP contribution in [0.3, 0.4) is 0 Å². The topological polar surface area (TPSA) is 64.1 Å². The van der Waals surface area contributed by atoms with Crippen molar-refractivity contribution < 1.29 is 9.53 Å². The first-order valence-electron chi connectivity index (χ1n) is 8.39. The fraction of sp³-hybridized carbons (Fsp3) is 0.250. The minimum Gasteiger partial charge on any atom is -0.466 e. The first-order valence-corrected chi connectivity index (χ1v) is 8.39. The van der Waals surface area contributed by atoms with Gasteiger partial charge in [-0.1, -0.05) is 49.4 Å². The molecule has 0 bridgehead atoms. The van der Waals surface area contributed by atoms with Gasteiger partial charge in [-0.05, 0) is 30.5 Å². The Balaban J connectivity index is 1.60. The second-order valence-electron chi connectivity index (χ2n) is 5.91. The molecule has 1 heterocycles. The Kier molecular flexibility index (Phi) is 5.23. The fourth-order valence-electron chi connectivity index (χ4n) is 2.65. The molecular formula is C20H21N3O2. The number of nitrogens with one attached hydrogen (secondary N) is 1. The average molecular weight is 335 g/mol. The number of aromatic nitrogens is 2. The minimum atomic E-state index is -0.193. The highest BCUT2D eigenvalue weighted by Gasteiger charge is 2.12. The molecule has 0 spiro atoms. The maximum atomic E-state index is 12.2. The van der Waals surface area contributed by atoms with Crippen LogP contribution in [-0.2, 0) is 11.2 Å². The van der Waals surface area contributed by atoms with Crippen LogP contribution in [0.1, 0.15) is 31.0 Å². The number of rotatable bonds is 6. The molecule has 5 nitrogen and oxygen atoms in total. The molecular weight excluding hydrogens is 314 g/mol. The Morgan fingerprint density at radius 2 is 1.92 bits per heavy atom. The van der Waals surface area contributed by atoms with Crippen LogP contribution in [0.15, 0.2) is 54.7 Å². The zero-order chi connectivity index (χ0) is 17.6. The highest BCUT2D eigenvalue weighted by atomic mass is 16.5. The van der Waals surface area contributed by atoms with E-state index in [2.05, 4.69) is 34.6 Å². The van der Waals surface area contributed by atoms with E-state index in [1.807, 2.05) is 43.3 Å². The van der Waals surface area contributed by atoms with Crippen molar-refractivity contribution in [3.63, 3.8) is 0 Å². The molecule has 25 heavy (non-hydrogen) atoms. The molecule has 1 amide bonds. The molecule has 5 heteroatoms. The summed E-state index contributed by atoms with van der Waals surface area (Å²) in [5.41, 5.74) is 2.34. The largest absolute Gasteiger partial charge is 0.466 e. The lowest BCUT2D eigenvalue weighted by Crippen LogP contribution is -2.31. The lowest BCUT2D eigenvalue weighted by Gasteiger charge is -2.15. The molecule has 128 valence electrons. The zero-order valence-electron chi connectivity index (χ0n) is 14.4. The molecule has 0 fully saturated rings. The van der Waals surface area contributed by atoms with Crippen molar-refractivity contribution in [1.82, 2.24) is 15.5 Å². The van der Waals surface area contributed by atoms with Gasteiger partial charge in [-0.25, -0.2) is 0 Å². The lowest BCUT2D eigenvalue weighted by molar-refractivity contribution is -0.123. The zero-order valence-corrected chi connectivity index (χ0v) is 14.4. The van der Waals surface area contributed by atoms with Gasteiger partial charge in [-0.15, -0.1) is 5.10 Å². The van der Waals surface area contributed by atoms with Crippen molar-refractivity contribution in [2.75, 3.05) is 6.61 Å². The Hall–Kier alpha value is -2.95. The van der Waals surface area contributed by atoms with Gasteiger partial charge in [0.05, 0.1) is 12.2 Å². The van der Waals surface area contributed by atoms with E-state index >= 15 is 0 Å². The maximum absolute atomic E-state index is 12.2. The van der Waals surface area contributed by atoms with Gasteiger partial charge in [0, 0.05) is 10.8 Å². The number of benzene rings is 2. The van der Waals surface area contributed by atoms with Crippen molar-refractivity contribution in [1.29, 1.82) is 0 Å². The number of hydrogen-bond donors (Lipinski definition) is 1. The van der Waals surface area contributed by atoms with Gasteiger partial charge in [0.25, 0.3) is 5.91 Å². The molecule has 2 aromatic carbocycles. The van der Waals surface area contributed by atoms with Crippen molar-refractivity contribution >= 4 is 16.7 Å². The number of carbonyl (C=O) groups excluding carboxylic acids is 1. The molecule has 0 saturated heterocycles. The molecule has 3 rings (SSSR count). The second kappa shape index (κ2) is 7.75. The molecule has 0 aliphatic rings. The van der Waals surface area contributed by atoms with E-state index in [0.717, 1.165) is 22.8 Å². The number of carbonyl (C=O) groups is 1. The summed E-state index contributed by atoms with van der Waals surface area (Å²) in [6.45, 7) is 3.98. The monoisotopic (exact) mass is 335 g/mol. The normalized spacial score (nSPS) is 11.9. The van der Waals surface area contributed by atoms with Crippen LogP contribution in [0.4, 0.5) is 0 Å². The van der Waals surface area contributed by atoms with E-state index < -0.39 is 0 Å². The second-order valence-corrected chi connectivity index (χ2v) is 5.91. The van der Waals surface area contributed by atoms with Gasteiger partial charge in [0.2, 0.25) is 5.88 Å². The molecule has 0 aliphatic heterocycles. The van der Waals surface area contributed by atoms with Gasteiger partial charge < -0.3 is 10.1 Å². The molecule has 1 unspecified atom stereocenters. The fourth-order valence-corrected chi connectivity index (χ4v) is 2.65. The van der Waals surface area contributed by atoms with Gasteiger partial charge >= 0.3 is 0 Å². The molecule has 1 aromatic heterocycles. The summed E-state index contributed by atoms with van der Waals surface area (Å²) in [6.07, 6.45) is 2.67. The van der Waals surface area contributed by atoms with Crippen LogP contribution >= 0.6 is 0 Å². The first kappa shape index (κ1) is 16.9. The maximum Gasteiger partial charge on any atom is 0.258 e. The van der Waals surface area contributed by atoms with E-state index in [9.17, 15) is 4.79 Å². The highest BCUT2D eigenvalue weighted by Crippen LogP contribution is 2.21. The summed E-state index contributed by atoms with van der Waals surface area (Å²) in [5.74, 6) is 0.176. The molecule has 0 aliphatic carbocycles. The smallest absolute Gasteiger partial charge is 0.258 e. The number of fused-ring (bicyclic) bond motifs is 1. The van der Waals surface area contributed by atoms with Gasteiger partial charge in [0.15, 0.2) is 6.61 Å². The average Bonchev–Trinajstić information content (AvgIpc) is 2.66. The summed E-state index contributed by atoms with van der Waals surface area (Å²) in [4.78, 5) is 12.2. The molecule has 0 radical (unpaired) electrons. The summed E-state index contributed by atoms with van der Waals surface area (Å²) < 4.78 is 5.57. The molecule has 0 saturated carbocycles. The van der Waals surface area contributed by atoms with E-state index in [0.29, 0.717) is 5.88 Å². The molecule has 1 N–H and O–H groups in total. The van der Waals surface area contributed by atoms with E-state index in [4.69, 9.17) is 4.74 Å². The molecule has 1 atom stereocenters. The van der Waals surface area contributed by atoms with E-state index in [-0.39, 0.29) is 18.6 Å². The van der Waals surface area contributed by atoms with Crippen LogP contribution in [0.25, 0.3) is 10.8 Å². The Bertz CT molecular complexity index is 857. The van der Waals surface area contributed by atoms with Crippen LogP contribution in [0, 0.1) is 0 Å². The number of ether oxygens (including phenoxy) is 1. The lowest BCUT2D eigenvalue weighted by atomic mass is 10.1. The standard InChI is InChI=1S/C20H21N3O2/c1-3-15-8-10-16(11-9-15)14(2)22-19(24)13-25-20-18-7-5-4-6-17(18)12-21-23-20/h4-12,14H,3,13H2,1-2H3,(H,22,24). The molecule has 3 aromatic rings. The quantitative estimate of drug-likeness (QED) is 0.749. The van der Waals surface area contributed by atoms with Crippen LogP contribution in [-0.4, -0.2) is 22.7 Å². The number of amides is 1. The third-order valence-corrected chi connectivity index (χ3v) is 4.14. The van der Waals surface area contributed by atoms with Crippen molar-refractivity contribution in [3.8, 4) is 5.88 Å². The predicted octanol–water partition coefficient (Wildman–Crippen LogP) is 3.45. The SMILES string of the molecule is CCc1ccc(C(C)NC(=O)COc2nncc3ccccc23)cc1. The third kappa shape index (κ3) is 4.12. The first-order chi connectivity index (χ1) is 12.2. The predicted molar refractivity (Wildman–Crippen MR) is 97.4 cm³/mol.